The summed E-state index contributed by atoms with van der Waals surface area (Å²) in [6.07, 6.45) is 8.31. The first-order chi connectivity index (χ1) is 7.65. The molecular formula is C14H30N2. The maximum atomic E-state index is 6.06. The Morgan fingerprint density at radius 1 is 1.19 bits per heavy atom. The number of nitrogens with zero attached hydrogens (tertiary/aromatic N) is 1. The van der Waals surface area contributed by atoms with Gasteiger partial charge in [0.25, 0.3) is 0 Å². The van der Waals surface area contributed by atoms with Crippen LogP contribution in [-0.2, 0) is 0 Å². The molecule has 16 heavy (non-hydrogen) atoms. The second-order valence-corrected chi connectivity index (χ2v) is 5.65. The highest BCUT2D eigenvalue weighted by atomic mass is 15.2. The Morgan fingerprint density at radius 3 is 2.44 bits per heavy atom. The first-order valence-electron chi connectivity index (χ1n) is 7.14. The van der Waals surface area contributed by atoms with Gasteiger partial charge in [-0.3, -0.25) is 4.90 Å². The smallest absolute Gasteiger partial charge is 0.0206 e. The van der Waals surface area contributed by atoms with E-state index in [9.17, 15) is 0 Å². The van der Waals surface area contributed by atoms with Gasteiger partial charge in [0.05, 0.1) is 0 Å². The van der Waals surface area contributed by atoms with Gasteiger partial charge >= 0.3 is 0 Å². The topological polar surface area (TPSA) is 29.3 Å². The van der Waals surface area contributed by atoms with Crippen molar-refractivity contribution in [1.82, 2.24) is 4.90 Å². The van der Waals surface area contributed by atoms with E-state index in [0.717, 1.165) is 12.6 Å². The molecule has 1 rings (SSSR count). The first kappa shape index (κ1) is 14.0. The molecule has 0 amide bonds. The van der Waals surface area contributed by atoms with Crippen LogP contribution in [0.1, 0.15) is 59.3 Å². The van der Waals surface area contributed by atoms with E-state index in [2.05, 4.69) is 25.7 Å². The molecular weight excluding hydrogens is 196 g/mol. The maximum Gasteiger partial charge on any atom is 0.0206 e. The molecule has 1 saturated heterocycles. The van der Waals surface area contributed by atoms with Crippen LogP contribution in [0.15, 0.2) is 0 Å². The minimum atomic E-state index is 0.405. The van der Waals surface area contributed by atoms with Gasteiger partial charge in [-0.15, -0.1) is 0 Å². The van der Waals surface area contributed by atoms with Crippen LogP contribution < -0.4 is 5.73 Å². The van der Waals surface area contributed by atoms with E-state index in [0.29, 0.717) is 12.0 Å². The van der Waals surface area contributed by atoms with E-state index in [1.54, 1.807) is 0 Å². The zero-order chi connectivity index (χ0) is 12.0. The van der Waals surface area contributed by atoms with Gasteiger partial charge in [-0.2, -0.15) is 0 Å². The molecule has 2 heteroatoms. The van der Waals surface area contributed by atoms with Crippen molar-refractivity contribution in [1.29, 1.82) is 0 Å². The number of unbranched alkanes of at least 4 members (excludes halogenated alkanes) is 4. The summed E-state index contributed by atoms with van der Waals surface area (Å²) >= 11 is 0. The zero-order valence-electron chi connectivity index (χ0n) is 11.4. The molecule has 0 aromatic carbocycles. The fourth-order valence-electron chi connectivity index (χ4n) is 2.62. The van der Waals surface area contributed by atoms with Gasteiger partial charge in [0.2, 0.25) is 0 Å². The maximum absolute atomic E-state index is 6.06. The third kappa shape index (κ3) is 4.42. The molecule has 2 N–H and O–H groups in total. The number of hydrogen-bond donors (Lipinski definition) is 1. The SMILES string of the molecule is CCCCCCCC(C)N1CC(C)C(N)C1. The summed E-state index contributed by atoms with van der Waals surface area (Å²) in [7, 11) is 0. The van der Waals surface area contributed by atoms with E-state index >= 15 is 0 Å². The lowest BCUT2D eigenvalue weighted by Crippen LogP contribution is -2.33. The minimum Gasteiger partial charge on any atom is -0.326 e. The zero-order valence-corrected chi connectivity index (χ0v) is 11.4. The fraction of sp³-hybridized carbons (Fsp3) is 1.00. The molecule has 1 aliphatic rings. The third-order valence-electron chi connectivity index (χ3n) is 4.05. The van der Waals surface area contributed by atoms with Gasteiger partial charge in [0.1, 0.15) is 0 Å². The van der Waals surface area contributed by atoms with Gasteiger partial charge in [-0.05, 0) is 19.3 Å². The predicted octanol–water partition coefficient (Wildman–Crippen LogP) is 3.01. The highest BCUT2D eigenvalue weighted by Gasteiger charge is 2.28. The van der Waals surface area contributed by atoms with Crippen LogP contribution in [-0.4, -0.2) is 30.1 Å². The highest BCUT2D eigenvalue weighted by molar-refractivity contribution is 4.86. The van der Waals surface area contributed by atoms with Crippen molar-refractivity contribution < 1.29 is 0 Å². The molecule has 96 valence electrons. The molecule has 0 aromatic rings. The molecule has 1 aliphatic heterocycles. The van der Waals surface area contributed by atoms with E-state index in [1.165, 1.54) is 45.1 Å². The quantitative estimate of drug-likeness (QED) is 0.676. The third-order valence-corrected chi connectivity index (χ3v) is 4.05. The number of rotatable bonds is 7. The Bertz CT molecular complexity index is 172. The molecule has 0 radical (unpaired) electrons. The molecule has 3 atom stereocenters. The van der Waals surface area contributed by atoms with Crippen LogP contribution >= 0.6 is 0 Å². The lowest BCUT2D eigenvalue weighted by atomic mass is 10.1. The summed E-state index contributed by atoms with van der Waals surface area (Å²) in [4.78, 5) is 2.58. The van der Waals surface area contributed by atoms with Gasteiger partial charge in [0.15, 0.2) is 0 Å². The Balaban J connectivity index is 2.09. The Labute approximate surface area is 102 Å². The van der Waals surface area contributed by atoms with Crippen LogP contribution in [0.5, 0.6) is 0 Å². The average Bonchev–Trinajstić information content (AvgIpc) is 2.59. The van der Waals surface area contributed by atoms with Crippen LogP contribution in [0.3, 0.4) is 0 Å². The van der Waals surface area contributed by atoms with Crippen LogP contribution in [0, 0.1) is 5.92 Å². The van der Waals surface area contributed by atoms with Gasteiger partial charge in [-0.1, -0.05) is 46.0 Å². The van der Waals surface area contributed by atoms with Crippen molar-refractivity contribution in [3.05, 3.63) is 0 Å². The molecule has 0 bridgehead atoms. The van der Waals surface area contributed by atoms with Crippen LogP contribution in [0.4, 0.5) is 0 Å². The van der Waals surface area contributed by atoms with Crippen molar-refractivity contribution >= 4 is 0 Å². The van der Waals surface area contributed by atoms with Crippen LogP contribution in [0.25, 0.3) is 0 Å². The summed E-state index contributed by atoms with van der Waals surface area (Å²) in [5.74, 6) is 0.683. The highest BCUT2D eigenvalue weighted by Crippen LogP contribution is 2.20. The predicted molar refractivity (Wildman–Crippen MR) is 71.6 cm³/mol. The second kappa shape index (κ2) is 7.29. The molecule has 2 nitrogen and oxygen atoms in total. The van der Waals surface area contributed by atoms with E-state index in [4.69, 9.17) is 5.73 Å². The second-order valence-electron chi connectivity index (χ2n) is 5.65. The molecule has 0 aromatic heterocycles. The molecule has 1 heterocycles. The largest absolute Gasteiger partial charge is 0.326 e. The van der Waals surface area contributed by atoms with E-state index in [-0.39, 0.29) is 0 Å². The standard InChI is InChI=1S/C14H30N2/c1-4-5-6-7-8-9-13(3)16-10-12(2)14(15)11-16/h12-14H,4-11,15H2,1-3H3. The van der Waals surface area contributed by atoms with Gasteiger partial charge in [-0.25, -0.2) is 0 Å². The lowest BCUT2D eigenvalue weighted by Gasteiger charge is -2.24. The summed E-state index contributed by atoms with van der Waals surface area (Å²) in [6.45, 7) is 9.23. The summed E-state index contributed by atoms with van der Waals surface area (Å²) in [5, 5.41) is 0. The Kier molecular flexibility index (Phi) is 6.37. The van der Waals surface area contributed by atoms with Crippen molar-refractivity contribution in [3.8, 4) is 0 Å². The Hall–Kier alpha value is -0.0800. The molecule has 1 fully saturated rings. The summed E-state index contributed by atoms with van der Waals surface area (Å²) < 4.78 is 0. The normalized spacial score (nSPS) is 28.5. The van der Waals surface area contributed by atoms with Crippen molar-refractivity contribution in [2.24, 2.45) is 11.7 Å². The number of hydrogen-bond acceptors (Lipinski definition) is 2. The number of nitrogens with two attached hydrogens (primary N) is 1. The molecule has 0 saturated carbocycles. The van der Waals surface area contributed by atoms with Crippen molar-refractivity contribution in [2.45, 2.75) is 71.4 Å². The monoisotopic (exact) mass is 226 g/mol. The molecule has 0 spiro atoms. The van der Waals surface area contributed by atoms with Crippen LogP contribution in [0.2, 0.25) is 0 Å². The van der Waals surface area contributed by atoms with E-state index < -0.39 is 0 Å². The summed E-state index contributed by atoms with van der Waals surface area (Å²) in [6, 6.07) is 1.14. The molecule has 3 unspecified atom stereocenters. The van der Waals surface area contributed by atoms with Crippen molar-refractivity contribution in [2.75, 3.05) is 13.1 Å². The number of likely N-dealkylation sites (tertiary alicyclic amines) is 1. The average molecular weight is 226 g/mol. The van der Waals surface area contributed by atoms with Gasteiger partial charge in [0, 0.05) is 25.2 Å². The van der Waals surface area contributed by atoms with E-state index in [1.807, 2.05) is 0 Å². The Morgan fingerprint density at radius 2 is 1.88 bits per heavy atom. The molecule has 0 aliphatic carbocycles. The van der Waals surface area contributed by atoms with Gasteiger partial charge < -0.3 is 5.73 Å². The fourth-order valence-corrected chi connectivity index (χ4v) is 2.62. The first-order valence-corrected chi connectivity index (χ1v) is 7.14. The minimum absolute atomic E-state index is 0.405. The summed E-state index contributed by atoms with van der Waals surface area (Å²) in [5.41, 5.74) is 6.06. The van der Waals surface area contributed by atoms with Crippen molar-refractivity contribution in [3.63, 3.8) is 0 Å². The lowest BCUT2D eigenvalue weighted by molar-refractivity contribution is 0.234.